The topological polar surface area (TPSA) is 21.3 Å². The Hall–Kier alpha value is -0.740. The molecule has 0 radical (unpaired) electrons. The van der Waals surface area contributed by atoms with E-state index in [1.54, 1.807) is 7.05 Å². The molecule has 0 unspecified atom stereocenters. The molecule has 1 rings (SSSR count). The fraction of sp³-hybridized carbons (Fsp3) is 0.333. The van der Waals surface area contributed by atoms with Crippen LogP contribution in [-0.2, 0) is 0 Å². The summed E-state index contributed by atoms with van der Waals surface area (Å²) in [5.41, 5.74) is 0.574. The van der Waals surface area contributed by atoms with Crippen molar-refractivity contribution < 1.29 is 13.5 Å². The first kappa shape index (κ1) is 12.3. The first-order valence-electron chi connectivity index (χ1n) is 4.12. The molecule has 0 saturated carbocycles. The van der Waals surface area contributed by atoms with E-state index in [0.717, 1.165) is 0 Å². The van der Waals surface area contributed by atoms with Gasteiger partial charge in [0.05, 0.1) is 15.7 Å². The van der Waals surface area contributed by atoms with E-state index in [4.69, 9.17) is 27.9 Å². The summed E-state index contributed by atoms with van der Waals surface area (Å²) in [4.78, 5) is 0. The molecule has 15 heavy (non-hydrogen) atoms. The Labute approximate surface area is 96.1 Å². The molecule has 1 aromatic carbocycles. The summed E-state index contributed by atoms with van der Waals surface area (Å²) in [5, 5.41) is 3.41. The largest absolute Gasteiger partial charge is 0.486 e. The zero-order valence-electron chi connectivity index (χ0n) is 7.86. The summed E-state index contributed by atoms with van der Waals surface area (Å²) >= 11 is 11.6. The number of halogens is 4. The summed E-state index contributed by atoms with van der Waals surface area (Å²) in [6.45, 7) is -0.690. The van der Waals surface area contributed by atoms with Crippen LogP contribution in [0, 0.1) is 0 Å². The molecule has 1 aromatic rings. The molecule has 6 heteroatoms. The predicted octanol–water partition coefficient (Wildman–Crippen LogP) is 3.68. The Bertz CT molecular complexity index is 347. The second-order valence-electron chi connectivity index (χ2n) is 2.71. The van der Waals surface area contributed by atoms with Crippen molar-refractivity contribution in [2.75, 3.05) is 19.0 Å². The Morgan fingerprint density at radius 1 is 1.33 bits per heavy atom. The minimum Gasteiger partial charge on any atom is -0.486 e. The highest BCUT2D eigenvalue weighted by molar-refractivity contribution is 6.37. The van der Waals surface area contributed by atoms with Gasteiger partial charge in [0.15, 0.2) is 0 Å². The molecule has 0 fully saturated rings. The first-order valence-corrected chi connectivity index (χ1v) is 4.88. The minimum atomic E-state index is -2.53. The minimum absolute atomic E-state index is 0.186. The lowest BCUT2D eigenvalue weighted by atomic mass is 10.3. The van der Waals surface area contributed by atoms with E-state index in [1.807, 2.05) is 0 Å². The smallest absolute Gasteiger partial charge is 0.272 e. The predicted molar refractivity (Wildman–Crippen MR) is 57.5 cm³/mol. The third kappa shape index (κ3) is 3.39. The second-order valence-corrected chi connectivity index (χ2v) is 3.53. The van der Waals surface area contributed by atoms with E-state index in [-0.39, 0.29) is 10.8 Å². The molecule has 0 aliphatic carbocycles. The fourth-order valence-corrected chi connectivity index (χ4v) is 1.52. The number of anilines is 1. The number of rotatable bonds is 4. The maximum atomic E-state index is 11.9. The highest BCUT2D eigenvalue weighted by atomic mass is 35.5. The van der Waals surface area contributed by atoms with Crippen molar-refractivity contribution in [1.82, 2.24) is 0 Å². The average Bonchev–Trinajstić information content (AvgIpc) is 2.16. The molecular formula is C9H9Cl2F2NO. The molecule has 2 nitrogen and oxygen atoms in total. The number of hydrogen-bond donors (Lipinski definition) is 1. The van der Waals surface area contributed by atoms with Gasteiger partial charge in [0.25, 0.3) is 6.43 Å². The number of hydrogen-bond acceptors (Lipinski definition) is 2. The number of alkyl halides is 2. The van der Waals surface area contributed by atoms with Crippen LogP contribution >= 0.6 is 23.2 Å². The SMILES string of the molecule is CNc1cc(OCC(F)F)c(Cl)cc1Cl. The van der Waals surface area contributed by atoms with Gasteiger partial charge in [0, 0.05) is 13.1 Å². The van der Waals surface area contributed by atoms with E-state index in [1.165, 1.54) is 12.1 Å². The molecule has 0 aromatic heterocycles. The molecular weight excluding hydrogens is 247 g/mol. The van der Waals surface area contributed by atoms with Crippen LogP contribution in [0.3, 0.4) is 0 Å². The molecule has 0 aliphatic heterocycles. The van der Waals surface area contributed by atoms with Gasteiger partial charge in [-0.25, -0.2) is 8.78 Å². The van der Waals surface area contributed by atoms with Crippen LogP contribution in [-0.4, -0.2) is 20.1 Å². The molecule has 84 valence electrons. The maximum Gasteiger partial charge on any atom is 0.272 e. The summed E-state index contributed by atoms with van der Waals surface area (Å²) < 4.78 is 28.6. The van der Waals surface area contributed by atoms with E-state index in [0.29, 0.717) is 10.7 Å². The maximum absolute atomic E-state index is 11.9. The Kier molecular flexibility index (Phi) is 4.42. The molecule has 0 atom stereocenters. The zero-order chi connectivity index (χ0) is 11.4. The summed E-state index contributed by atoms with van der Waals surface area (Å²) in [6, 6.07) is 2.92. The van der Waals surface area contributed by atoms with E-state index >= 15 is 0 Å². The van der Waals surface area contributed by atoms with Gasteiger partial charge >= 0.3 is 0 Å². The lowest BCUT2D eigenvalue weighted by molar-refractivity contribution is 0.0820. The molecule has 1 N–H and O–H groups in total. The van der Waals surface area contributed by atoms with E-state index in [2.05, 4.69) is 5.32 Å². The van der Waals surface area contributed by atoms with Crippen LogP contribution in [0.5, 0.6) is 5.75 Å². The normalized spacial score (nSPS) is 10.5. The van der Waals surface area contributed by atoms with Crippen molar-refractivity contribution in [2.24, 2.45) is 0 Å². The standard InChI is InChI=1S/C9H9Cl2F2NO/c1-14-7-3-8(15-4-9(12)13)6(11)2-5(7)10/h2-3,9,14H,4H2,1H3. The Balaban J connectivity index is 2.87. The molecule has 0 aliphatic rings. The van der Waals surface area contributed by atoms with Gasteiger partial charge in [-0.05, 0) is 6.07 Å². The van der Waals surface area contributed by atoms with Crippen LogP contribution in [0.1, 0.15) is 0 Å². The summed E-state index contributed by atoms with van der Waals surface area (Å²) in [7, 11) is 1.66. The average molecular weight is 256 g/mol. The molecule has 0 saturated heterocycles. The van der Waals surface area contributed by atoms with Crippen molar-refractivity contribution in [3.8, 4) is 5.75 Å². The van der Waals surface area contributed by atoms with Crippen LogP contribution in [0.4, 0.5) is 14.5 Å². The molecule has 0 heterocycles. The van der Waals surface area contributed by atoms with Gasteiger partial charge in [-0.2, -0.15) is 0 Å². The van der Waals surface area contributed by atoms with Crippen molar-refractivity contribution in [1.29, 1.82) is 0 Å². The molecule has 0 bridgehead atoms. The number of ether oxygens (including phenoxy) is 1. The van der Waals surface area contributed by atoms with Crippen molar-refractivity contribution in [3.63, 3.8) is 0 Å². The molecule has 0 spiro atoms. The van der Waals surface area contributed by atoms with Gasteiger partial charge in [-0.1, -0.05) is 23.2 Å². The van der Waals surface area contributed by atoms with Crippen molar-refractivity contribution in [3.05, 3.63) is 22.2 Å². The van der Waals surface area contributed by atoms with Crippen molar-refractivity contribution in [2.45, 2.75) is 6.43 Å². The zero-order valence-corrected chi connectivity index (χ0v) is 9.37. The van der Waals surface area contributed by atoms with Gasteiger partial charge < -0.3 is 10.1 Å². The van der Waals surface area contributed by atoms with E-state index in [9.17, 15) is 8.78 Å². The van der Waals surface area contributed by atoms with Crippen LogP contribution < -0.4 is 10.1 Å². The number of nitrogens with one attached hydrogen (secondary N) is 1. The van der Waals surface area contributed by atoms with Crippen LogP contribution in [0.15, 0.2) is 12.1 Å². The third-order valence-corrected chi connectivity index (χ3v) is 2.26. The first-order chi connectivity index (χ1) is 7.04. The quantitative estimate of drug-likeness (QED) is 0.887. The lowest BCUT2D eigenvalue weighted by Crippen LogP contribution is -2.07. The highest BCUT2D eigenvalue weighted by Crippen LogP contribution is 2.34. The Morgan fingerprint density at radius 2 is 2.00 bits per heavy atom. The van der Waals surface area contributed by atoms with E-state index < -0.39 is 13.0 Å². The number of benzene rings is 1. The van der Waals surface area contributed by atoms with Gasteiger partial charge in [-0.3, -0.25) is 0 Å². The Morgan fingerprint density at radius 3 is 2.53 bits per heavy atom. The third-order valence-electron chi connectivity index (χ3n) is 1.66. The summed E-state index contributed by atoms with van der Waals surface area (Å²) in [6.07, 6.45) is -2.53. The summed E-state index contributed by atoms with van der Waals surface area (Å²) in [5.74, 6) is 0.186. The second kappa shape index (κ2) is 5.37. The van der Waals surface area contributed by atoms with Crippen LogP contribution in [0.25, 0.3) is 0 Å². The van der Waals surface area contributed by atoms with Crippen LogP contribution in [0.2, 0.25) is 10.0 Å². The van der Waals surface area contributed by atoms with Crippen molar-refractivity contribution >= 4 is 28.9 Å². The molecule has 0 amide bonds. The highest BCUT2D eigenvalue weighted by Gasteiger charge is 2.10. The monoisotopic (exact) mass is 255 g/mol. The fourth-order valence-electron chi connectivity index (χ4n) is 0.984. The van der Waals surface area contributed by atoms with Gasteiger partial charge in [0.1, 0.15) is 12.4 Å². The lowest BCUT2D eigenvalue weighted by Gasteiger charge is -2.10. The van der Waals surface area contributed by atoms with Gasteiger partial charge in [0.2, 0.25) is 0 Å². The van der Waals surface area contributed by atoms with Gasteiger partial charge in [-0.15, -0.1) is 0 Å².